The molecular formula is C18H21BrN2O2. The van der Waals surface area contributed by atoms with Gasteiger partial charge in [-0.05, 0) is 37.6 Å². The van der Waals surface area contributed by atoms with Crippen molar-refractivity contribution in [1.82, 2.24) is 9.88 Å². The highest BCUT2D eigenvalue weighted by Crippen LogP contribution is 2.25. The number of carbonyl (C=O) groups is 1. The van der Waals surface area contributed by atoms with Gasteiger partial charge in [-0.3, -0.25) is 9.69 Å². The lowest BCUT2D eigenvalue weighted by Crippen LogP contribution is -2.41. The maximum absolute atomic E-state index is 12.5. The molecule has 2 aromatic rings. The summed E-state index contributed by atoms with van der Waals surface area (Å²) in [4.78, 5) is 17.9. The Kier molecular flexibility index (Phi) is 4.99. The second kappa shape index (κ2) is 6.99. The number of Topliss-reactive ketones (excluding diaryl/α,β-unsaturated/α-hetero) is 1. The predicted octanol–water partition coefficient (Wildman–Crippen LogP) is 3.65. The van der Waals surface area contributed by atoms with E-state index >= 15 is 0 Å². The van der Waals surface area contributed by atoms with Gasteiger partial charge in [-0.15, -0.1) is 0 Å². The summed E-state index contributed by atoms with van der Waals surface area (Å²) in [7, 11) is 0. The summed E-state index contributed by atoms with van der Waals surface area (Å²) in [5.74, 6) is 0.168. The van der Waals surface area contributed by atoms with Gasteiger partial charge in [0.05, 0.1) is 19.3 Å². The second-order valence-corrected chi connectivity index (χ2v) is 6.98. The Morgan fingerprint density at radius 1 is 1.39 bits per heavy atom. The third-order valence-corrected chi connectivity index (χ3v) is 4.68. The van der Waals surface area contributed by atoms with Gasteiger partial charge >= 0.3 is 0 Å². The highest BCUT2D eigenvalue weighted by molar-refractivity contribution is 9.10. The summed E-state index contributed by atoms with van der Waals surface area (Å²) in [6.07, 6.45) is 0.0168. The Bertz CT molecular complexity index is 711. The first-order valence-corrected chi connectivity index (χ1v) is 8.61. The van der Waals surface area contributed by atoms with Crippen LogP contribution in [-0.2, 0) is 4.74 Å². The number of hydrogen-bond donors (Lipinski definition) is 1. The summed E-state index contributed by atoms with van der Waals surface area (Å²) < 4.78 is 6.93. The van der Waals surface area contributed by atoms with Gasteiger partial charge < -0.3 is 9.72 Å². The lowest BCUT2D eigenvalue weighted by Gasteiger charge is -2.32. The van der Waals surface area contributed by atoms with E-state index in [0.717, 1.165) is 40.1 Å². The van der Waals surface area contributed by atoms with Gasteiger partial charge in [0, 0.05) is 34.5 Å². The van der Waals surface area contributed by atoms with Crippen LogP contribution < -0.4 is 0 Å². The van der Waals surface area contributed by atoms with Gasteiger partial charge in [0.15, 0.2) is 5.78 Å². The van der Waals surface area contributed by atoms with Crippen molar-refractivity contribution in [1.29, 1.82) is 0 Å². The first kappa shape index (κ1) is 16.4. The van der Waals surface area contributed by atoms with Crippen molar-refractivity contribution in [2.45, 2.75) is 20.0 Å². The van der Waals surface area contributed by atoms with Crippen molar-refractivity contribution in [2.75, 3.05) is 26.2 Å². The van der Waals surface area contributed by atoms with Gasteiger partial charge in [-0.1, -0.05) is 28.1 Å². The molecule has 1 N–H and O–H groups in total. The SMILES string of the molecule is Cc1cc(C(=O)CN2CCOC(c3cccc(Br)c3)C2)c(C)[nH]1. The summed E-state index contributed by atoms with van der Waals surface area (Å²) >= 11 is 3.50. The minimum Gasteiger partial charge on any atom is -0.371 e. The number of morpholine rings is 1. The van der Waals surface area contributed by atoms with Crippen LogP contribution in [-0.4, -0.2) is 41.9 Å². The lowest BCUT2D eigenvalue weighted by atomic mass is 10.1. The molecule has 0 spiro atoms. The standard InChI is InChI=1S/C18H21BrN2O2/c1-12-8-16(13(2)20-12)17(22)10-21-6-7-23-18(11-21)14-4-3-5-15(19)9-14/h3-5,8-9,18,20H,6-7,10-11H2,1-2H3. The highest BCUT2D eigenvalue weighted by atomic mass is 79.9. The second-order valence-electron chi connectivity index (χ2n) is 6.06. The van der Waals surface area contributed by atoms with E-state index in [1.807, 2.05) is 32.0 Å². The molecule has 1 aromatic heterocycles. The predicted molar refractivity (Wildman–Crippen MR) is 93.9 cm³/mol. The largest absolute Gasteiger partial charge is 0.371 e. The van der Waals surface area contributed by atoms with Gasteiger partial charge in [0.1, 0.15) is 0 Å². The quantitative estimate of drug-likeness (QED) is 0.828. The molecule has 0 saturated carbocycles. The summed E-state index contributed by atoms with van der Waals surface area (Å²) in [5, 5.41) is 0. The molecule has 0 radical (unpaired) electrons. The van der Waals surface area contributed by atoms with Crippen LogP contribution in [0.2, 0.25) is 0 Å². The number of aryl methyl sites for hydroxylation is 2. The Labute approximate surface area is 145 Å². The molecular weight excluding hydrogens is 356 g/mol. The molecule has 1 atom stereocenters. The van der Waals surface area contributed by atoms with E-state index in [9.17, 15) is 4.79 Å². The number of aromatic nitrogens is 1. The summed E-state index contributed by atoms with van der Waals surface area (Å²) in [6.45, 7) is 6.54. The molecule has 1 aromatic carbocycles. The van der Waals surface area contributed by atoms with Gasteiger partial charge in [0.2, 0.25) is 0 Å². The number of carbonyl (C=O) groups excluding carboxylic acids is 1. The van der Waals surface area contributed by atoms with Crippen LogP contribution in [0, 0.1) is 13.8 Å². The van der Waals surface area contributed by atoms with E-state index in [4.69, 9.17) is 4.74 Å². The number of nitrogens with zero attached hydrogens (tertiary/aromatic N) is 1. The molecule has 1 aliphatic heterocycles. The number of aromatic amines is 1. The minimum absolute atomic E-state index is 0.0168. The first-order chi connectivity index (χ1) is 11.0. The molecule has 1 aliphatic rings. The number of rotatable bonds is 4. The van der Waals surface area contributed by atoms with E-state index in [1.54, 1.807) is 0 Å². The zero-order valence-electron chi connectivity index (χ0n) is 13.4. The van der Waals surface area contributed by atoms with Crippen LogP contribution in [0.25, 0.3) is 0 Å². The topological polar surface area (TPSA) is 45.3 Å². The normalized spacial score (nSPS) is 19.0. The van der Waals surface area contributed by atoms with Gasteiger partial charge in [-0.25, -0.2) is 0 Å². The smallest absolute Gasteiger partial charge is 0.178 e. The number of H-pyrrole nitrogens is 1. The molecule has 4 nitrogen and oxygen atoms in total. The molecule has 23 heavy (non-hydrogen) atoms. The number of nitrogens with one attached hydrogen (secondary N) is 1. The van der Waals surface area contributed by atoms with Crippen LogP contribution in [0.15, 0.2) is 34.8 Å². The van der Waals surface area contributed by atoms with Crippen molar-refractivity contribution >= 4 is 21.7 Å². The van der Waals surface area contributed by atoms with Crippen molar-refractivity contribution < 1.29 is 9.53 Å². The van der Waals surface area contributed by atoms with Crippen molar-refractivity contribution in [2.24, 2.45) is 0 Å². The maximum atomic E-state index is 12.5. The fourth-order valence-corrected chi connectivity index (χ4v) is 3.47. The Hall–Kier alpha value is -1.43. The number of hydrogen-bond acceptors (Lipinski definition) is 3. The number of halogens is 1. The molecule has 5 heteroatoms. The Morgan fingerprint density at radius 3 is 2.91 bits per heavy atom. The third-order valence-electron chi connectivity index (χ3n) is 4.19. The monoisotopic (exact) mass is 376 g/mol. The molecule has 1 saturated heterocycles. The minimum atomic E-state index is 0.0168. The molecule has 0 amide bonds. The van der Waals surface area contributed by atoms with Crippen LogP contribution in [0.4, 0.5) is 0 Å². The number of ketones is 1. The summed E-state index contributed by atoms with van der Waals surface area (Å²) in [6, 6.07) is 10.1. The highest BCUT2D eigenvalue weighted by Gasteiger charge is 2.24. The average molecular weight is 377 g/mol. The molecule has 122 valence electrons. The van der Waals surface area contributed by atoms with E-state index in [-0.39, 0.29) is 11.9 Å². The van der Waals surface area contributed by atoms with E-state index < -0.39 is 0 Å². The van der Waals surface area contributed by atoms with Crippen molar-refractivity contribution in [3.8, 4) is 0 Å². The van der Waals surface area contributed by atoms with Crippen molar-refractivity contribution in [3.63, 3.8) is 0 Å². The van der Waals surface area contributed by atoms with E-state index in [1.165, 1.54) is 0 Å². The first-order valence-electron chi connectivity index (χ1n) is 7.82. The lowest BCUT2D eigenvalue weighted by molar-refractivity contribution is -0.0275. The maximum Gasteiger partial charge on any atom is 0.178 e. The Balaban J connectivity index is 1.67. The van der Waals surface area contributed by atoms with Gasteiger partial charge in [0.25, 0.3) is 0 Å². The number of benzene rings is 1. The molecule has 3 rings (SSSR count). The van der Waals surface area contributed by atoms with Crippen LogP contribution >= 0.6 is 15.9 Å². The van der Waals surface area contributed by atoms with Crippen LogP contribution in [0.3, 0.4) is 0 Å². The third kappa shape index (κ3) is 3.91. The zero-order valence-corrected chi connectivity index (χ0v) is 15.0. The van der Waals surface area contributed by atoms with Crippen molar-refractivity contribution in [3.05, 3.63) is 57.3 Å². The molecule has 0 bridgehead atoms. The number of ether oxygens (including phenoxy) is 1. The molecule has 0 aliphatic carbocycles. The summed E-state index contributed by atoms with van der Waals surface area (Å²) in [5.41, 5.74) is 3.92. The fourth-order valence-electron chi connectivity index (χ4n) is 3.06. The molecule has 1 fully saturated rings. The van der Waals surface area contributed by atoms with E-state index in [0.29, 0.717) is 13.2 Å². The van der Waals surface area contributed by atoms with E-state index in [2.05, 4.69) is 37.9 Å². The Morgan fingerprint density at radius 2 is 2.22 bits per heavy atom. The fraction of sp³-hybridized carbons (Fsp3) is 0.389. The molecule has 1 unspecified atom stereocenters. The average Bonchev–Trinajstić information content (AvgIpc) is 2.86. The van der Waals surface area contributed by atoms with Gasteiger partial charge in [-0.2, -0.15) is 0 Å². The van der Waals surface area contributed by atoms with Crippen LogP contribution in [0.5, 0.6) is 0 Å². The molecule has 2 heterocycles. The van der Waals surface area contributed by atoms with Crippen LogP contribution in [0.1, 0.15) is 33.4 Å². The zero-order chi connectivity index (χ0) is 16.4.